The Morgan fingerprint density at radius 1 is 1.21 bits per heavy atom. The quantitative estimate of drug-likeness (QED) is 0.657. The Balaban J connectivity index is 1.25. The summed E-state index contributed by atoms with van der Waals surface area (Å²) in [5.74, 6) is 2.63. The van der Waals surface area contributed by atoms with Crippen LogP contribution < -0.4 is 20.7 Å². The number of aliphatic imine (C=N–C) groups is 1. The lowest BCUT2D eigenvalue weighted by molar-refractivity contribution is 0.177. The second-order valence-electron chi connectivity index (χ2n) is 9.14. The van der Waals surface area contributed by atoms with Crippen molar-refractivity contribution in [1.82, 2.24) is 15.2 Å². The third-order valence-electron chi connectivity index (χ3n) is 7.02. The first-order valence-electron chi connectivity index (χ1n) is 11.9. The maximum absolute atomic E-state index is 12.8. The highest BCUT2D eigenvalue weighted by Crippen LogP contribution is 2.37. The number of piperidine rings is 1. The van der Waals surface area contributed by atoms with E-state index < -0.39 is 0 Å². The zero-order valence-electron chi connectivity index (χ0n) is 19.1. The molecular weight excluding hydrogens is 416 g/mol. The van der Waals surface area contributed by atoms with Crippen LogP contribution in [0.15, 0.2) is 47.6 Å². The number of pyridine rings is 1. The molecule has 0 unspecified atom stereocenters. The highest BCUT2D eigenvalue weighted by Gasteiger charge is 2.44. The number of nitrogens with one attached hydrogen (secondary N) is 3. The van der Waals surface area contributed by atoms with E-state index in [1.165, 1.54) is 12.8 Å². The lowest BCUT2D eigenvalue weighted by atomic mass is 9.84. The average Bonchev–Trinajstić information content (AvgIpc) is 3.37. The van der Waals surface area contributed by atoms with E-state index in [9.17, 15) is 4.79 Å². The van der Waals surface area contributed by atoms with Gasteiger partial charge in [0.25, 0.3) is 0 Å². The van der Waals surface area contributed by atoms with Crippen LogP contribution in [0.3, 0.4) is 0 Å². The number of ether oxygens (including phenoxy) is 1. The Hall–Kier alpha value is -3.29. The van der Waals surface area contributed by atoms with Gasteiger partial charge < -0.3 is 25.6 Å². The molecule has 1 spiro atoms. The Kier molecular flexibility index (Phi) is 6.07. The van der Waals surface area contributed by atoms with Gasteiger partial charge in [0.2, 0.25) is 0 Å². The van der Waals surface area contributed by atoms with Crippen LogP contribution in [0.25, 0.3) is 0 Å². The number of fused-ring (bicyclic) bond motifs is 1. The van der Waals surface area contributed by atoms with Crippen molar-refractivity contribution >= 4 is 23.4 Å². The summed E-state index contributed by atoms with van der Waals surface area (Å²) in [4.78, 5) is 24.4. The van der Waals surface area contributed by atoms with Crippen molar-refractivity contribution in [1.29, 1.82) is 0 Å². The molecule has 2 aromatic rings. The summed E-state index contributed by atoms with van der Waals surface area (Å²) < 4.78 is 5.20. The van der Waals surface area contributed by atoms with Crippen molar-refractivity contribution in [2.75, 3.05) is 30.8 Å². The molecule has 1 saturated carbocycles. The number of hydrogen-bond acceptors (Lipinski definition) is 5. The third kappa shape index (κ3) is 4.60. The van der Waals surface area contributed by atoms with Crippen LogP contribution in [0.1, 0.15) is 44.1 Å². The summed E-state index contributed by atoms with van der Waals surface area (Å²) in [6.07, 6.45) is 8.20. The molecule has 3 N–H and O–H groups in total. The lowest BCUT2D eigenvalue weighted by Crippen LogP contribution is -2.60. The van der Waals surface area contributed by atoms with Gasteiger partial charge in [-0.1, -0.05) is 25.0 Å². The summed E-state index contributed by atoms with van der Waals surface area (Å²) in [5, 5.41) is 10.3. The van der Waals surface area contributed by atoms with Gasteiger partial charge in [-0.2, -0.15) is 0 Å². The molecule has 174 valence electrons. The standard InChI is InChI=1S/C25H32N6O2/c1-33-20-10-8-18(9-11-20)17-27-24(32)31-15-12-25(13-16-31)23(28-19-5-2-3-6-19)29-22-21(30-25)7-4-14-26-22/h4,7-11,14,19,30H,2-3,5-6,12-13,15-17H2,1H3,(H,27,32)(H,26,28,29). The molecular formula is C25H32N6O2. The van der Waals surface area contributed by atoms with Crippen molar-refractivity contribution in [2.24, 2.45) is 4.99 Å². The van der Waals surface area contributed by atoms with Crippen LogP contribution >= 0.6 is 0 Å². The summed E-state index contributed by atoms with van der Waals surface area (Å²) in [6.45, 7) is 1.84. The van der Waals surface area contributed by atoms with E-state index in [0.29, 0.717) is 25.7 Å². The van der Waals surface area contributed by atoms with Crippen LogP contribution in [0.5, 0.6) is 5.75 Å². The minimum absolute atomic E-state index is 0.0271. The monoisotopic (exact) mass is 448 g/mol. The molecule has 33 heavy (non-hydrogen) atoms. The molecule has 3 aliphatic rings. The van der Waals surface area contributed by atoms with Gasteiger partial charge in [0.05, 0.1) is 24.4 Å². The second kappa shape index (κ2) is 9.29. The molecule has 1 aromatic heterocycles. The number of likely N-dealkylation sites (tertiary alicyclic amines) is 1. The van der Waals surface area contributed by atoms with Crippen molar-refractivity contribution in [3.8, 4) is 5.75 Å². The molecule has 2 fully saturated rings. The Bertz CT molecular complexity index is 1010. The first-order chi connectivity index (χ1) is 16.1. The fourth-order valence-electron chi connectivity index (χ4n) is 5.01. The van der Waals surface area contributed by atoms with Gasteiger partial charge in [-0.25, -0.2) is 9.78 Å². The predicted molar refractivity (Wildman–Crippen MR) is 130 cm³/mol. The lowest BCUT2D eigenvalue weighted by Gasteiger charge is -2.46. The largest absolute Gasteiger partial charge is 0.497 e. The normalized spacial score (nSPS) is 20.8. The molecule has 1 aromatic carbocycles. The Morgan fingerprint density at radius 2 is 1.97 bits per heavy atom. The molecule has 3 heterocycles. The average molecular weight is 449 g/mol. The van der Waals surface area contributed by atoms with Crippen LogP contribution in [-0.4, -0.2) is 53.5 Å². The predicted octanol–water partition coefficient (Wildman–Crippen LogP) is 4.01. The van der Waals surface area contributed by atoms with E-state index >= 15 is 0 Å². The van der Waals surface area contributed by atoms with E-state index in [-0.39, 0.29) is 11.6 Å². The molecule has 2 aliphatic heterocycles. The van der Waals surface area contributed by atoms with E-state index in [4.69, 9.17) is 9.73 Å². The maximum Gasteiger partial charge on any atom is 0.317 e. The van der Waals surface area contributed by atoms with Crippen LogP contribution in [0.2, 0.25) is 0 Å². The number of methoxy groups -OCH3 is 1. The molecule has 2 amide bonds. The number of hydrogen-bond donors (Lipinski definition) is 3. The summed E-state index contributed by atoms with van der Waals surface area (Å²) >= 11 is 0. The topological polar surface area (TPSA) is 90.9 Å². The molecule has 1 saturated heterocycles. The number of carbonyl (C=O) groups is 1. The maximum atomic E-state index is 12.8. The van der Waals surface area contributed by atoms with Crippen molar-refractivity contribution in [2.45, 2.75) is 56.7 Å². The van der Waals surface area contributed by atoms with Gasteiger partial charge in [-0.05, 0) is 55.5 Å². The van der Waals surface area contributed by atoms with E-state index in [2.05, 4.69) is 27.0 Å². The number of urea groups is 1. The molecule has 0 bridgehead atoms. The number of nitrogens with zero attached hydrogens (tertiary/aromatic N) is 3. The number of carbonyl (C=O) groups excluding carboxylic acids is 1. The second-order valence-corrected chi connectivity index (χ2v) is 9.14. The number of amides is 2. The zero-order chi connectivity index (χ0) is 22.7. The van der Waals surface area contributed by atoms with Crippen LogP contribution in [-0.2, 0) is 6.54 Å². The first-order valence-corrected chi connectivity index (χ1v) is 11.9. The molecule has 0 atom stereocenters. The van der Waals surface area contributed by atoms with Gasteiger partial charge >= 0.3 is 6.03 Å². The molecule has 5 rings (SSSR count). The van der Waals surface area contributed by atoms with Crippen LogP contribution in [0.4, 0.5) is 16.3 Å². The fraction of sp³-hybridized carbons (Fsp3) is 0.480. The van der Waals surface area contributed by atoms with Gasteiger partial charge in [0.1, 0.15) is 11.6 Å². The van der Waals surface area contributed by atoms with E-state index in [1.54, 1.807) is 13.3 Å². The number of aromatic nitrogens is 1. The minimum Gasteiger partial charge on any atom is -0.497 e. The third-order valence-corrected chi connectivity index (χ3v) is 7.02. The smallest absolute Gasteiger partial charge is 0.317 e. The highest BCUT2D eigenvalue weighted by atomic mass is 16.5. The van der Waals surface area contributed by atoms with Gasteiger partial charge in [-0.3, -0.25) is 4.99 Å². The molecule has 1 aliphatic carbocycles. The minimum atomic E-state index is -0.286. The summed E-state index contributed by atoms with van der Waals surface area (Å²) in [5.41, 5.74) is 1.76. The number of rotatable bonds is 4. The molecule has 8 nitrogen and oxygen atoms in total. The van der Waals surface area contributed by atoms with Gasteiger partial charge in [0.15, 0.2) is 5.82 Å². The SMILES string of the molecule is COc1ccc(CNC(=O)N2CCC3(CC2)Nc2cccnc2NC3=NC2CCCC2)cc1. The number of anilines is 2. The number of benzene rings is 1. The zero-order valence-corrected chi connectivity index (χ0v) is 19.1. The van der Waals surface area contributed by atoms with Crippen molar-refractivity contribution in [3.63, 3.8) is 0 Å². The Morgan fingerprint density at radius 3 is 2.70 bits per heavy atom. The number of amidine groups is 1. The first kappa shape index (κ1) is 21.6. The van der Waals surface area contributed by atoms with Gasteiger partial charge in [-0.15, -0.1) is 0 Å². The summed E-state index contributed by atoms with van der Waals surface area (Å²) in [7, 11) is 1.65. The van der Waals surface area contributed by atoms with Crippen molar-refractivity contribution in [3.05, 3.63) is 48.2 Å². The summed E-state index contributed by atoms with van der Waals surface area (Å²) in [6, 6.07) is 12.1. The van der Waals surface area contributed by atoms with Crippen molar-refractivity contribution < 1.29 is 9.53 Å². The molecule has 0 radical (unpaired) electrons. The Labute approximate surface area is 194 Å². The highest BCUT2D eigenvalue weighted by molar-refractivity contribution is 6.08. The fourth-order valence-corrected chi connectivity index (χ4v) is 5.01. The van der Waals surface area contributed by atoms with Crippen LogP contribution in [0, 0.1) is 0 Å². The van der Waals surface area contributed by atoms with E-state index in [1.807, 2.05) is 35.2 Å². The van der Waals surface area contributed by atoms with Gasteiger partial charge in [0, 0.05) is 25.8 Å². The van der Waals surface area contributed by atoms with E-state index in [0.717, 1.165) is 54.3 Å². The molecule has 8 heteroatoms.